The van der Waals surface area contributed by atoms with Crippen molar-refractivity contribution in [2.45, 2.75) is 13.8 Å². The summed E-state index contributed by atoms with van der Waals surface area (Å²) in [5.74, 6) is 0. The summed E-state index contributed by atoms with van der Waals surface area (Å²) in [4.78, 5) is 4.08. The monoisotopic (exact) mass is 646 g/mol. The Morgan fingerprint density at radius 1 is 0.700 bits per heavy atom. The van der Waals surface area contributed by atoms with Crippen LogP contribution in [0.2, 0.25) is 0 Å². The van der Waals surface area contributed by atoms with Gasteiger partial charge in [-0.05, 0) is 24.3 Å². The summed E-state index contributed by atoms with van der Waals surface area (Å²) in [7, 11) is 0. The highest BCUT2D eigenvalue weighted by Crippen LogP contribution is 2.33. The van der Waals surface area contributed by atoms with E-state index >= 15 is 0 Å². The Kier molecular flexibility index (Phi) is 6.05. The van der Waals surface area contributed by atoms with Crippen LogP contribution in [0.5, 0.6) is 0 Å². The summed E-state index contributed by atoms with van der Waals surface area (Å²) < 4.78 is 58.0. The number of benzene rings is 4. The quantitative estimate of drug-likeness (QED) is 0.196. The van der Waals surface area contributed by atoms with E-state index in [9.17, 15) is 0 Å². The molecule has 200 valence electrons. The first kappa shape index (κ1) is 20.5. The fourth-order valence-corrected chi connectivity index (χ4v) is 4.77. The Balaban J connectivity index is 0.000000157. The molecule has 0 N–H and O–H groups in total. The minimum absolute atomic E-state index is 0. The lowest BCUT2D eigenvalue weighted by atomic mass is 10.1. The third-order valence-corrected chi connectivity index (χ3v) is 6.46. The van der Waals surface area contributed by atoms with Gasteiger partial charge in [-0.15, -0.1) is 0 Å². The molecule has 0 radical (unpaired) electrons. The standard InChI is InChI=1S/C16H13N2O.C15H10N2O.C2H6.HI/c1-17-9-10-18(11-17)14-7-4-6-13-12-5-2-3-8-15(12)19-16(13)14;1-2-7-14-11(4-1)12-5-3-6-13(15(12)18-14)17-9-8-16-10-17;1-2;/h2-11H,1H3;1-10H;1-2H3;1H/q+1;;;/p-1/i1D3;;1D3;. The van der Waals surface area contributed by atoms with Gasteiger partial charge in [0.05, 0.1) is 23.1 Å². The molecule has 8 rings (SSSR count). The third-order valence-electron chi connectivity index (χ3n) is 6.46. The zero-order valence-electron chi connectivity index (χ0n) is 27.5. The molecule has 0 atom stereocenters. The molecule has 6 nitrogen and oxygen atoms in total. The van der Waals surface area contributed by atoms with Crippen LogP contribution in [0, 0.1) is 0 Å². The lowest BCUT2D eigenvalue weighted by molar-refractivity contribution is -0.670. The summed E-state index contributed by atoms with van der Waals surface area (Å²) in [5, 5.41) is 4.35. The second kappa shape index (κ2) is 11.8. The van der Waals surface area contributed by atoms with E-state index in [1.807, 2.05) is 83.6 Å². The summed E-state index contributed by atoms with van der Waals surface area (Å²) in [6.07, 6.45) is 10.3. The van der Waals surface area contributed by atoms with E-state index in [1.54, 1.807) is 29.6 Å². The van der Waals surface area contributed by atoms with Gasteiger partial charge in [-0.1, -0.05) is 74.4 Å². The molecule has 0 aliphatic rings. The number of hydrogen-bond acceptors (Lipinski definition) is 3. The molecule has 0 saturated carbocycles. The molecular formula is C33H29IN4O2. The van der Waals surface area contributed by atoms with E-state index in [0.29, 0.717) is 0 Å². The highest BCUT2D eigenvalue weighted by atomic mass is 127. The summed E-state index contributed by atoms with van der Waals surface area (Å²) in [5.41, 5.74) is 5.22. The molecule has 0 unspecified atom stereocenters. The van der Waals surface area contributed by atoms with Crippen molar-refractivity contribution < 1.29 is 45.6 Å². The molecule has 4 heterocycles. The number of hydrogen-bond donors (Lipinski definition) is 0. The summed E-state index contributed by atoms with van der Waals surface area (Å²) >= 11 is 0. The van der Waals surface area contributed by atoms with E-state index in [0.717, 1.165) is 55.3 Å². The number of nitrogens with zero attached hydrogens (tertiary/aromatic N) is 4. The fraction of sp³-hybridized carbons (Fsp3) is 0.0909. The van der Waals surface area contributed by atoms with Crippen molar-refractivity contribution in [3.63, 3.8) is 0 Å². The molecule has 0 fully saturated rings. The van der Waals surface area contributed by atoms with Crippen molar-refractivity contribution in [2.24, 2.45) is 6.98 Å². The second-order valence-electron chi connectivity index (χ2n) is 8.70. The largest absolute Gasteiger partial charge is 1.00 e. The maximum absolute atomic E-state index is 7.46. The molecule has 40 heavy (non-hydrogen) atoms. The minimum Gasteiger partial charge on any atom is -1.00 e. The van der Waals surface area contributed by atoms with Crippen LogP contribution in [0.25, 0.3) is 55.3 Å². The zero-order chi connectivity index (χ0) is 31.8. The van der Waals surface area contributed by atoms with Crippen LogP contribution in [-0.4, -0.2) is 14.1 Å². The van der Waals surface area contributed by atoms with Crippen molar-refractivity contribution in [1.82, 2.24) is 14.1 Å². The van der Waals surface area contributed by atoms with Gasteiger partial charge in [0.25, 0.3) is 0 Å². The van der Waals surface area contributed by atoms with Crippen LogP contribution >= 0.6 is 0 Å². The van der Waals surface area contributed by atoms with Crippen LogP contribution in [0.3, 0.4) is 0 Å². The zero-order valence-corrected chi connectivity index (χ0v) is 23.7. The maximum Gasteiger partial charge on any atom is 0.248 e. The van der Waals surface area contributed by atoms with Gasteiger partial charge in [0, 0.05) is 38.1 Å². The predicted molar refractivity (Wildman–Crippen MR) is 156 cm³/mol. The van der Waals surface area contributed by atoms with Gasteiger partial charge in [-0.3, -0.25) is 0 Å². The minimum atomic E-state index is -2.19. The van der Waals surface area contributed by atoms with Crippen LogP contribution in [-0.2, 0) is 6.98 Å². The molecule has 0 amide bonds. The number of aryl methyl sites for hydroxylation is 1. The molecule has 0 aliphatic heterocycles. The SMILES string of the molecule is [2H]C([2H])([2H])C.[2H]C([2H])([2H])[n+]1ccn(-c2cccc3c2oc2ccccc23)c1.[I-].c1ccc2c(c1)oc1c(-n3ccnc3)cccc12. The molecular weight excluding hydrogens is 611 g/mol. The molecule has 0 spiro atoms. The first-order chi connectivity index (χ1) is 21.5. The number of halogens is 1. The smallest absolute Gasteiger partial charge is 0.248 e. The maximum atomic E-state index is 7.46. The Morgan fingerprint density at radius 2 is 1.25 bits per heavy atom. The van der Waals surface area contributed by atoms with E-state index in [1.165, 1.54) is 17.7 Å². The topological polar surface area (TPSA) is 52.9 Å². The van der Waals surface area contributed by atoms with Gasteiger partial charge >= 0.3 is 0 Å². The highest BCUT2D eigenvalue weighted by Gasteiger charge is 2.15. The molecule has 4 aromatic heterocycles. The predicted octanol–water partition coefficient (Wildman–Crippen LogP) is 5.00. The number of para-hydroxylation sites is 4. The van der Waals surface area contributed by atoms with E-state index in [2.05, 4.69) is 17.1 Å². The van der Waals surface area contributed by atoms with Crippen LogP contribution in [0.1, 0.15) is 22.0 Å². The number of rotatable bonds is 2. The van der Waals surface area contributed by atoms with Gasteiger partial charge in [0.1, 0.15) is 23.6 Å². The Labute approximate surface area is 257 Å². The third kappa shape index (κ3) is 4.88. The molecule has 0 aliphatic carbocycles. The average molecular weight is 647 g/mol. The van der Waals surface area contributed by atoms with E-state index in [-0.39, 0.29) is 24.0 Å². The van der Waals surface area contributed by atoms with Crippen molar-refractivity contribution >= 4 is 43.9 Å². The molecule has 7 heteroatoms. The van der Waals surface area contributed by atoms with E-state index in [4.69, 9.17) is 17.1 Å². The Hall–Kier alpha value is -4.37. The van der Waals surface area contributed by atoms with Gasteiger partial charge < -0.3 is 37.4 Å². The summed E-state index contributed by atoms with van der Waals surface area (Å²) in [6, 6.07) is 28.0. The average Bonchev–Trinajstić information content (AvgIpc) is 3.80. The van der Waals surface area contributed by atoms with Gasteiger partial charge in [-0.25, -0.2) is 9.55 Å². The Bertz CT molecular complexity index is 2220. The molecule has 0 bridgehead atoms. The molecule has 4 aromatic carbocycles. The van der Waals surface area contributed by atoms with Crippen molar-refractivity contribution in [3.8, 4) is 11.4 Å². The van der Waals surface area contributed by atoms with Gasteiger partial charge in [-0.2, -0.15) is 4.57 Å². The number of imidazole rings is 2. The number of furan rings is 2. The normalized spacial score (nSPS) is 13.5. The second-order valence-corrected chi connectivity index (χ2v) is 8.70. The molecule has 0 saturated heterocycles. The lowest BCUT2D eigenvalue weighted by Crippen LogP contribution is -3.00. The summed E-state index contributed by atoms with van der Waals surface area (Å²) in [6.45, 7) is -2.75. The lowest BCUT2D eigenvalue weighted by Gasteiger charge is -2.01. The van der Waals surface area contributed by atoms with Gasteiger partial charge in [0.15, 0.2) is 16.9 Å². The number of aromatic nitrogens is 4. The first-order valence-electron chi connectivity index (χ1n) is 15.4. The van der Waals surface area contributed by atoms with Crippen molar-refractivity contribution in [1.29, 1.82) is 0 Å². The van der Waals surface area contributed by atoms with Crippen LogP contribution in [0.15, 0.2) is 131 Å². The Morgan fingerprint density at radius 3 is 1.77 bits per heavy atom. The van der Waals surface area contributed by atoms with Crippen LogP contribution in [0.4, 0.5) is 0 Å². The van der Waals surface area contributed by atoms with Crippen molar-refractivity contribution in [3.05, 3.63) is 122 Å². The van der Waals surface area contributed by atoms with E-state index < -0.39 is 13.8 Å². The van der Waals surface area contributed by atoms with Crippen LogP contribution < -0.4 is 28.5 Å². The first-order valence-corrected chi connectivity index (χ1v) is 12.4. The van der Waals surface area contributed by atoms with Crippen molar-refractivity contribution in [2.75, 3.05) is 0 Å². The fourth-order valence-electron chi connectivity index (χ4n) is 4.77. The molecule has 8 aromatic rings. The highest BCUT2D eigenvalue weighted by molar-refractivity contribution is 6.08. The number of fused-ring (bicyclic) bond motifs is 6. The van der Waals surface area contributed by atoms with Gasteiger partial charge in [0.2, 0.25) is 6.33 Å².